The maximum absolute atomic E-state index is 12.8. The van der Waals surface area contributed by atoms with Crippen LogP contribution in [-0.4, -0.2) is 37.2 Å². The van der Waals surface area contributed by atoms with Crippen molar-refractivity contribution in [1.82, 2.24) is 0 Å². The van der Waals surface area contributed by atoms with E-state index in [9.17, 15) is 14.4 Å². The molecule has 0 aliphatic rings. The summed E-state index contributed by atoms with van der Waals surface area (Å²) in [6, 6.07) is 0. The second-order valence-electron chi connectivity index (χ2n) is 21.0. The lowest BCUT2D eigenvalue weighted by Gasteiger charge is -2.18. The van der Waals surface area contributed by atoms with E-state index in [1.165, 1.54) is 193 Å². The molecule has 6 nitrogen and oxygen atoms in total. The first-order valence-corrected chi connectivity index (χ1v) is 31.3. The van der Waals surface area contributed by atoms with Gasteiger partial charge in [0.25, 0.3) is 0 Å². The van der Waals surface area contributed by atoms with Crippen molar-refractivity contribution in [2.75, 3.05) is 13.2 Å². The van der Waals surface area contributed by atoms with Crippen LogP contribution in [0.5, 0.6) is 0 Å². The third kappa shape index (κ3) is 58.0. The Bertz CT molecular complexity index is 1290. The van der Waals surface area contributed by atoms with E-state index < -0.39 is 6.10 Å². The Hall–Kier alpha value is -2.89. The summed E-state index contributed by atoms with van der Waals surface area (Å²) in [5.74, 6) is -0.858. The number of carbonyl (C=O) groups excluding carboxylic acids is 3. The lowest BCUT2D eigenvalue weighted by Crippen LogP contribution is -2.30. The number of esters is 3. The average molecular weight is 1010 g/mol. The Balaban J connectivity index is 3.91. The molecular weight excluding hydrogens is 889 g/mol. The fourth-order valence-corrected chi connectivity index (χ4v) is 9.12. The molecule has 72 heavy (non-hydrogen) atoms. The van der Waals surface area contributed by atoms with Gasteiger partial charge in [-0.15, -0.1) is 0 Å². The highest BCUT2D eigenvalue weighted by atomic mass is 16.6. The van der Waals surface area contributed by atoms with Crippen LogP contribution in [-0.2, 0) is 28.6 Å². The van der Waals surface area contributed by atoms with Gasteiger partial charge in [0.1, 0.15) is 13.2 Å². The minimum Gasteiger partial charge on any atom is -0.462 e. The summed E-state index contributed by atoms with van der Waals surface area (Å²) < 4.78 is 16.8. The van der Waals surface area contributed by atoms with Crippen LogP contribution in [0.4, 0.5) is 0 Å². The van der Waals surface area contributed by atoms with E-state index in [4.69, 9.17) is 14.2 Å². The zero-order valence-corrected chi connectivity index (χ0v) is 47.9. The van der Waals surface area contributed by atoms with Gasteiger partial charge in [-0.1, -0.05) is 300 Å². The first-order chi connectivity index (χ1) is 35.5. The lowest BCUT2D eigenvalue weighted by molar-refractivity contribution is -0.167. The molecule has 1 unspecified atom stereocenters. The maximum atomic E-state index is 12.8. The van der Waals surface area contributed by atoms with Crippen molar-refractivity contribution in [3.8, 4) is 0 Å². The van der Waals surface area contributed by atoms with Crippen molar-refractivity contribution in [3.05, 3.63) is 60.8 Å². The van der Waals surface area contributed by atoms with Gasteiger partial charge >= 0.3 is 17.9 Å². The minimum atomic E-state index is -0.765. The highest BCUT2D eigenvalue weighted by molar-refractivity contribution is 5.71. The number of rotatable bonds is 57. The van der Waals surface area contributed by atoms with Crippen molar-refractivity contribution in [2.24, 2.45) is 0 Å². The molecule has 0 fully saturated rings. The second-order valence-corrected chi connectivity index (χ2v) is 21.0. The fourth-order valence-electron chi connectivity index (χ4n) is 9.12. The molecule has 6 heteroatoms. The van der Waals surface area contributed by atoms with Crippen LogP contribution in [0.1, 0.15) is 323 Å². The number of ether oxygens (including phenoxy) is 3. The average Bonchev–Trinajstić information content (AvgIpc) is 3.38. The number of carbonyl (C=O) groups is 3. The number of hydrogen-bond acceptors (Lipinski definition) is 6. The summed E-state index contributed by atoms with van der Waals surface area (Å²) in [7, 11) is 0. The molecule has 0 aromatic carbocycles. The molecule has 0 aromatic heterocycles. The fraction of sp³-hybridized carbons (Fsp3) is 0.803. The first-order valence-electron chi connectivity index (χ1n) is 31.3. The highest BCUT2D eigenvalue weighted by Crippen LogP contribution is 2.17. The van der Waals surface area contributed by atoms with Gasteiger partial charge in [0.05, 0.1) is 0 Å². The summed E-state index contributed by atoms with van der Waals surface area (Å²) in [6.07, 6.45) is 77.0. The van der Waals surface area contributed by atoms with Gasteiger partial charge in [0.15, 0.2) is 6.10 Å². The molecule has 0 aromatic rings. The minimum absolute atomic E-state index is 0.0674. The summed E-state index contributed by atoms with van der Waals surface area (Å²) in [5.41, 5.74) is 0. The monoisotopic (exact) mass is 1010 g/mol. The van der Waals surface area contributed by atoms with Crippen molar-refractivity contribution in [3.63, 3.8) is 0 Å². The van der Waals surface area contributed by atoms with E-state index in [0.29, 0.717) is 19.3 Å². The third-order valence-electron chi connectivity index (χ3n) is 13.8. The number of hydrogen-bond donors (Lipinski definition) is 0. The molecule has 0 saturated heterocycles. The van der Waals surface area contributed by atoms with Gasteiger partial charge in [-0.3, -0.25) is 14.4 Å². The quantitative estimate of drug-likeness (QED) is 0.0261. The second kappa shape index (κ2) is 60.7. The van der Waals surface area contributed by atoms with Crippen molar-refractivity contribution < 1.29 is 28.6 Å². The van der Waals surface area contributed by atoms with E-state index in [1.54, 1.807) is 0 Å². The standard InChI is InChI=1S/C66H118O6/c1-4-7-10-13-16-18-20-22-23-24-25-26-27-28-29-30-31-32-33-34-35-36-37-38-39-40-41-42-43-44-46-47-50-53-56-59-65(68)71-62-63(61-70-64(67)58-55-52-49-15-12-9-6-3)72-66(69)60-57-54-51-48-45-21-19-17-14-11-8-5-2/h7,10,16,18,22-23,25-26,28-29,63H,4-6,8-9,11-15,17,19-21,24,27,30-62H2,1-3H3/b10-7-,18-16-,23-22-,26-25-,29-28-. The molecule has 0 saturated carbocycles. The van der Waals surface area contributed by atoms with Crippen LogP contribution < -0.4 is 0 Å². The Morgan fingerprint density at radius 2 is 0.542 bits per heavy atom. The molecule has 0 aliphatic carbocycles. The SMILES string of the molecule is CC/C=C\C/C=C\C/C=C\C/C=C\C/C=C\CCCCCCCCCCCCCCCCCCCCCC(=O)OCC(COC(=O)CCCCCCCCC)OC(=O)CCCCCCCCCCCCCC. The zero-order chi connectivity index (χ0) is 52.2. The zero-order valence-electron chi connectivity index (χ0n) is 47.9. The van der Waals surface area contributed by atoms with Crippen LogP contribution in [0.15, 0.2) is 60.8 Å². The first kappa shape index (κ1) is 69.1. The van der Waals surface area contributed by atoms with Crippen LogP contribution in [0.2, 0.25) is 0 Å². The summed E-state index contributed by atoms with van der Waals surface area (Å²) in [6.45, 7) is 6.51. The third-order valence-corrected chi connectivity index (χ3v) is 13.8. The van der Waals surface area contributed by atoms with Crippen molar-refractivity contribution in [1.29, 1.82) is 0 Å². The van der Waals surface area contributed by atoms with Gasteiger partial charge in [0, 0.05) is 19.3 Å². The molecule has 0 amide bonds. The van der Waals surface area contributed by atoms with Gasteiger partial charge in [0.2, 0.25) is 0 Å². The smallest absolute Gasteiger partial charge is 0.306 e. The Morgan fingerprint density at radius 1 is 0.292 bits per heavy atom. The predicted octanol–water partition coefficient (Wildman–Crippen LogP) is 21.2. The van der Waals surface area contributed by atoms with E-state index in [1.807, 2.05) is 0 Å². The van der Waals surface area contributed by atoms with Gasteiger partial charge < -0.3 is 14.2 Å². The summed E-state index contributed by atoms with van der Waals surface area (Å²) in [5, 5.41) is 0. The maximum Gasteiger partial charge on any atom is 0.306 e. The number of allylic oxidation sites excluding steroid dienone is 10. The Morgan fingerprint density at radius 3 is 0.847 bits per heavy atom. The molecule has 1 atom stereocenters. The van der Waals surface area contributed by atoms with Crippen LogP contribution in [0, 0.1) is 0 Å². The molecule has 0 spiro atoms. The lowest BCUT2D eigenvalue weighted by atomic mass is 10.0. The Labute approximate surface area is 447 Å². The summed E-state index contributed by atoms with van der Waals surface area (Å²) in [4.78, 5) is 37.9. The van der Waals surface area contributed by atoms with Gasteiger partial charge in [-0.25, -0.2) is 0 Å². The molecule has 0 radical (unpaired) electrons. The van der Waals surface area contributed by atoms with E-state index in [-0.39, 0.29) is 31.1 Å². The molecule has 0 aliphatic heterocycles. The molecule has 0 bridgehead atoms. The van der Waals surface area contributed by atoms with Crippen LogP contribution in [0.25, 0.3) is 0 Å². The number of unbranched alkanes of at least 4 members (excludes halogenated alkanes) is 36. The van der Waals surface area contributed by atoms with Crippen molar-refractivity contribution >= 4 is 17.9 Å². The van der Waals surface area contributed by atoms with Gasteiger partial charge in [-0.2, -0.15) is 0 Å². The largest absolute Gasteiger partial charge is 0.462 e. The molecule has 0 N–H and O–H groups in total. The molecular formula is C66H118O6. The normalized spacial score (nSPS) is 12.4. The predicted molar refractivity (Wildman–Crippen MR) is 312 cm³/mol. The summed E-state index contributed by atoms with van der Waals surface area (Å²) >= 11 is 0. The molecule has 0 rings (SSSR count). The Kier molecular flexibility index (Phi) is 58.2. The van der Waals surface area contributed by atoms with Crippen LogP contribution in [0.3, 0.4) is 0 Å². The highest BCUT2D eigenvalue weighted by Gasteiger charge is 2.19. The van der Waals surface area contributed by atoms with E-state index in [2.05, 4.69) is 81.5 Å². The molecule has 418 valence electrons. The van der Waals surface area contributed by atoms with E-state index in [0.717, 1.165) is 89.9 Å². The van der Waals surface area contributed by atoms with E-state index >= 15 is 0 Å². The van der Waals surface area contributed by atoms with Gasteiger partial charge in [-0.05, 0) is 64.2 Å². The topological polar surface area (TPSA) is 78.9 Å². The van der Waals surface area contributed by atoms with Crippen molar-refractivity contribution in [2.45, 2.75) is 329 Å². The van der Waals surface area contributed by atoms with Crippen LogP contribution >= 0.6 is 0 Å². The molecule has 0 heterocycles.